The van der Waals surface area contributed by atoms with Crippen LogP contribution in [0.3, 0.4) is 0 Å². The molecule has 5 heteroatoms. The summed E-state index contributed by atoms with van der Waals surface area (Å²) in [5.41, 5.74) is 9.59. The van der Waals surface area contributed by atoms with Crippen LogP contribution in [0, 0.1) is 6.92 Å². The average molecular weight is 557 g/mol. The number of rotatable bonds is 7. The second-order valence-electron chi connectivity index (χ2n) is 10.3. The molecule has 5 nitrogen and oxygen atoms in total. The molecule has 0 N–H and O–H groups in total. The van der Waals surface area contributed by atoms with Crippen LogP contribution >= 0.6 is 0 Å². The summed E-state index contributed by atoms with van der Waals surface area (Å²) in [7, 11) is 0. The fourth-order valence-electron chi connectivity index (χ4n) is 5.33. The molecule has 0 aliphatic heterocycles. The first-order valence-corrected chi connectivity index (χ1v) is 14.1. The molecule has 7 aromatic rings. The van der Waals surface area contributed by atoms with E-state index < -0.39 is 0 Å². The van der Waals surface area contributed by atoms with Gasteiger partial charge in [0.1, 0.15) is 5.52 Å². The summed E-state index contributed by atoms with van der Waals surface area (Å²) in [5, 5.41) is 2.03. The maximum atomic E-state index is 6.05. The number of oxazole rings is 1. The lowest BCUT2D eigenvalue weighted by atomic mass is 10.0. The molecule has 0 saturated carbocycles. The fourth-order valence-corrected chi connectivity index (χ4v) is 5.33. The van der Waals surface area contributed by atoms with E-state index in [0.29, 0.717) is 5.89 Å². The molecular weight excluding hydrogens is 528 g/mol. The van der Waals surface area contributed by atoms with Crippen LogP contribution < -0.4 is 4.90 Å². The second kappa shape index (κ2) is 11.2. The maximum absolute atomic E-state index is 6.05. The molecule has 7 rings (SSSR count). The molecule has 0 aliphatic carbocycles. The van der Waals surface area contributed by atoms with E-state index in [-0.39, 0.29) is 0 Å². The van der Waals surface area contributed by atoms with E-state index in [1.165, 1.54) is 5.56 Å². The largest absolute Gasteiger partial charge is 0.436 e. The maximum Gasteiger partial charge on any atom is 0.227 e. The van der Waals surface area contributed by atoms with Gasteiger partial charge in [-0.15, -0.1) is 0 Å². The van der Waals surface area contributed by atoms with Crippen LogP contribution in [0.25, 0.3) is 49.6 Å². The number of benzene rings is 4. The van der Waals surface area contributed by atoms with Crippen molar-refractivity contribution in [2.75, 3.05) is 4.90 Å². The molecule has 4 aromatic carbocycles. The van der Waals surface area contributed by atoms with Crippen molar-refractivity contribution in [1.29, 1.82) is 0 Å². The third-order valence-electron chi connectivity index (χ3n) is 7.47. The van der Waals surface area contributed by atoms with Gasteiger partial charge in [0.2, 0.25) is 5.89 Å². The molecule has 0 amide bonds. The zero-order valence-corrected chi connectivity index (χ0v) is 23.7. The summed E-state index contributed by atoms with van der Waals surface area (Å²) in [6.45, 7) is 6.07. The van der Waals surface area contributed by atoms with Crippen LogP contribution in [0.15, 0.2) is 151 Å². The molecule has 43 heavy (non-hydrogen) atoms. The molecular formula is C38H28N4O. The van der Waals surface area contributed by atoms with Gasteiger partial charge in [0.15, 0.2) is 5.58 Å². The summed E-state index contributed by atoms with van der Waals surface area (Å²) < 4.78 is 6.05. The fraction of sp³-hybridized carbons (Fsp3) is 0.0263. The molecule has 0 unspecified atom stereocenters. The SMILES string of the molecule is C=C/C(=C\C=C\N(c1ccc(-c2ccccc2)cc1)c1cc2cccnc2c2ncccc12)c1nc2cc(C)ccc2o1. The Bertz CT molecular complexity index is 2160. The monoisotopic (exact) mass is 556 g/mol. The molecule has 0 fully saturated rings. The van der Waals surface area contributed by atoms with Gasteiger partial charge < -0.3 is 9.32 Å². The quantitative estimate of drug-likeness (QED) is 0.144. The number of allylic oxidation sites excluding steroid dienone is 4. The number of anilines is 2. The average Bonchev–Trinajstić information content (AvgIpc) is 3.48. The van der Waals surface area contributed by atoms with Crippen LogP contribution in [0.1, 0.15) is 11.5 Å². The van der Waals surface area contributed by atoms with Gasteiger partial charge >= 0.3 is 0 Å². The molecule has 3 aromatic heterocycles. The van der Waals surface area contributed by atoms with Gasteiger partial charge in [-0.25, -0.2) is 4.98 Å². The van der Waals surface area contributed by atoms with Crippen molar-refractivity contribution in [1.82, 2.24) is 15.0 Å². The zero-order chi connectivity index (χ0) is 29.2. The molecule has 0 saturated heterocycles. The standard InChI is InChI=1S/C38H28N4O/c1-3-27(38-41-33-24-26(2)15-20-35(33)43-38)13-9-23-42(31-18-16-29(17-19-31)28-10-5-4-6-11-28)34-25-30-12-7-21-39-36(30)37-32(34)14-8-22-40-37/h3-25H,1H2,2H3/b23-9+,27-13+. The molecule has 0 aliphatic rings. The van der Waals surface area contributed by atoms with Gasteiger partial charge in [-0.05, 0) is 84.3 Å². The topological polar surface area (TPSA) is 55.1 Å². The highest BCUT2D eigenvalue weighted by atomic mass is 16.3. The van der Waals surface area contributed by atoms with Gasteiger partial charge in [-0.1, -0.05) is 67.3 Å². The number of aromatic nitrogens is 3. The van der Waals surface area contributed by atoms with Crippen molar-refractivity contribution in [3.63, 3.8) is 0 Å². The summed E-state index contributed by atoms with van der Waals surface area (Å²) in [6.07, 6.45) is 11.4. The van der Waals surface area contributed by atoms with E-state index in [9.17, 15) is 0 Å². The van der Waals surface area contributed by atoms with E-state index in [1.54, 1.807) is 6.08 Å². The van der Waals surface area contributed by atoms with Crippen molar-refractivity contribution < 1.29 is 4.42 Å². The smallest absolute Gasteiger partial charge is 0.227 e. The lowest BCUT2D eigenvalue weighted by Crippen LogP contribution is -2.09. The van der Waals surface area contributed by atoms with E-state index >= 15 is 0 Å². The van der Waals surface area contributed by atoms with Crippen LogP contribution in [-0.2, 0) is 0 Å². The lowest BCUT2D eigenvalue weighted by molar-refractivity contribution is 0.586. The Kier molecular flexibility index (Phi) is 6.82. The summed E-state index contributed by atoms with van der Waals surface area (Å²) in [6, 6.07) is 35.2. The molecule has 3 heterocycles. The number of fused-ring (bicyclic) bond motifs is 4. The lowest BCUT2D eigenvalue weighted by Gasteiger charge is -2.23. The highest BCUT2D eigenvalue weighted by Crippen LogP contribution is 2.37. The number of nitrogens with zero attached hydrogens (tertiary/aromatic N) is 4. The normalized spacial score (nSPS) is 12.0. The first-order valence-electron chi connectivity index (χ1n) is 14.1. The van der Waals surface area contributed by atoms with Crippen LogP contribution in [-0.4, -0.2) is 15.0 Å². The molecule has 0 radical (unpaired) electrons. The van der Waals surface area contributed by atoms with Gasteiger partial charge in [0, 0.05) is 40.6 Å². The number of pyridine rings is 2. The van der Waals surface area contributed by atoms with Gasteiger partial charge in [0.05, 0.1) is 16.7 Å². The Morgan fingerprint density at radius 2 is 1.56 bits per heavy atom. The molecule has 0 bridgehead atoms. The Hall–Kier alpha value is -5.81. The van der Waals surface area contributed by atoms with Crippen molar-refractivity contribution in [3.8, 4) is 11.1 Å². The zero-order valence-electron chi connectivity index (χ0n) is 23.7. The van der Waals surface area contributed by atoms with Crippen molar-refractivity contribution in [2.45, 2.75) is 6.92 Å². The summed E-state index contributed by atoms with van der Waals surface area (Å²) in [4.78, 5) is 16.3. The minimum atomic E-state index is 0.533. The van der Waals surface area contributed by atoms with Crippen molar-refractivity contribution >= 4 is 49.9 Å². The van der Waals surface area contributed by atoms with Crippen LogP contribution in [0.5, 0.6) is 0 Å². The molecule has 206 valence electrons. The minimum absolute atomic E-state index is 0.533. The third kappa shape index (κ3) is 5.09. The highest BCUT2D eigenvalue weighted by Gasteiger charge is 2.15. The summed E-state index contributed by atoms with van der Waals surface area (Å²) in [5.74, 6) is 0.533. The first kappa shape index (κ1) is 26.1. The van der Waals surface area contributed by atoms with Gasteiger partial charge in [-0.2, -0.15) is 0 Å². The van der Waals surface area contributed by atoms with Crippen molar-refractivity contribution in [3.05, 3.63) is 158 Å². The first-order chi connectivity index (χ1) is 21.2. The predicted octanol–water partition coefficient (Wildman–Crippen LogP) is 9.82. The molecule has 0 atom stereocenters. The minimum Gasteiger partial charge on any atom is -0.436 e. The summed E-state index contributed by atoms with van der Waals surface area (Å²) >= 11 is 0. The predicted molar refractivity (Wildman–Crippen MR) is 177 cm³/mol. The Morgan fingerprint density at radius 1 is 0.791 bits per heavy atom. The van der Waals surface area contributed by atoms with Gasteiger partial charge in [-0.3, -0.25) is 9.97 Å². The number of hydrogen-bond acceptors (Lipinski definition) is 5. The second-order valence-corrected chi connectivity index (χ2v) is 10.3. The highest BCUT2D eigenvalue weighted by molar-refractivity contribution is 6.10. The number of hydrogen-bond donors (Lipinski definition) is 0. The van der Waals surface area contributed by atoms with Crippen LogP contribution in [0.4, 0.5) is 11.4 Å². The van der Waals surface area contributed by atoms with Gasteiger partial charge in [0.25, 0.3) is 0 Å². The van der Waals surface area contributed by atoms with E-state index in [2.05, 4.69) is 89.4 Å². The van der Waals surface area contributed by atoms with E-state index in [0.717, 1.165) is 61.0 Å². The van der Waals surface area contributed by atoms with E-state index in [4.69, 9.17) is 14.4 Å². The third-order valence-corrected chi connectivity index (χ3v) is 7.47. The molecule has 0 spiro atoms. The Labute approximate surface area is 249 Å². The van der Waals surface area contributed by atoms with Crippen LogP contribution in [0.2, 0.25) is 0 Å². The number of aryl methyl sites for hydroxylation is 1. The Morgan fingerprint density at radius 3 is 2.37 bits per heavy atom. The van der Waals surface area contributed by atoms with Crippen molar-refractivity contribution in [2.24, 2.45) is 0 Å². The Balaban J connectivity index is 1.35. The van der Waals surface area contributed by atoms with E-state index in [1.807, 2.05) is 67.9 Å².